The summed E-state index contributed by atoms with van der Waals surface area (Å²) in [5.41, 5.74) is 8.44. The Labute approximate surface area is 192 Å². The van der Waals surface area contributed by atoms with Gasteiger partial charge in [-0.3, -0.25) is 4.79 Å². The first-order chi connectivity index (χ1) is 15.9. The number of ether oxygens (including phenoxy) is 3. The summed E-state index contributed by atoms with van der Waals surface area (Å²) in [6.07, 6.45) is 0. The third-order valence-corrected chi connectivity index (χ3v) is 6.59. The molecule has 0 saturated heterocycles. The molecule has 0 atom stereocenters. The van der Waals surface area contributed by atoms with Crippen molar-refractivity contribution in [1.29, 1.82) is 0 Å². The number of benzene rings is 2. The quantitative estimate of drug-likeness (QED) is 0.415. The lowest BCUT2D eigenvalue weighted by Crippen LogP contribution is -2.06. The number of aryl methyl sites for hydroxylation is 1. The second kappa shape index (κ2) is 7.79. The van der Waals surface area contributed by atoms with Crippen LogP contribution in [0.15, 0.2) is 42.5 Å². The smallest absolute Gasteiger partial charge is 0.338 e. The molecule has 33 heavy (non-hydrogen) atoms. The molecule has 0 fully saturated rings. The van der Waals surface area contributed by atoms with Crippen LogP contribution in [-0.4, -0.2) is 35.7 Å². The van der Waals surface area contributed by atoms with E-state index in [0.29, 0.717) is 54.7 Å². The van der Waals surface area contributed by atoms with Gasteiger partial charge in [0.05, 0.1) is 24.1 Å². The van der Waals surface area contributed by atoms with Gasteiger partial charge in [0.2, 0.25) is 12.6 Å². The molecule has 166 valence electrons. The van der Waals surface area contributed by atoms with Crippen molar-refractivity contribution >= 4 is 39.0 Å². The van der Waals surface area contributed by atoms with Crippen LogP contribution in [0.4, 0.5) is 5.69 Å². The number of rotatable bonds is 5. The van der Waals surface area contributed by atoms with E-state index in [1.807, 2.05) is 0 Å². The van der Waals surface area contributed by atoms with E-state index in [0.717, 1.165) is 11.3 Å². The predicted molar refractivity (Wildman–Crippen MR) is 124 cm³/mol. The number of carbonyl (C=O) groups excluding carboxylic acids is 1. The monoisotopic (exact) mass is 462 g/mol. The highest BCUT2D eigenvalue weighted by Gasteiger charge is 2.28. The van der Waals surface area contributed by atoms with Crippen molar-refractivity contribution in [2.75, 3.05) is 19.6 Å². The Hall–Kier alpha value is -4.11. The van der Waals surface area contributed by atoms with Crippen molar-refractivity contribution in [2.24, 2.45) is 0 Å². The molecule has 2 aromatic carbocycles. The van der Waals surface area contributed by atoms with E-state index < -0.39 is 5.97 Å². The number of carboxylic acids is 1. The van der Waals surface area contributed by atoms with E-state index in [9.17, 15) is 14.7 Å². The number of fused-ring (bicyclic) bond motifs is 2. The lowest BCUT2D eigenvalue weighted by Gasteiger charge is -2.12. The molecule has 8 nitrogen and oxygen atoms in total. The van der Waals surface area contributed by atoms with Gasteiger partial charge in [0.1, 0.15) is 15.5 Å². The van der Waals surface area contributed by atoms with Crippen molar-refractivity contribution in [1.82, 2.24) is 4.98 Å². The molecule has 3 heterocycles. The number of hydrogen-bond donors (Lipinski definition) is 2. The van der Waals surface area contributed by atoms with Crippen molar-refractivity contribution in [3.63, 3.8) is 0 Å². The minimum Gasteiger partial charge on any atom is -0.497 e. The molecule has 5 rings (SSSR count). The van der Waals surface area contributed by atoms with Crippen LogP contribution in [0.25, 0.3) is 21.3 Å². The highest BCUT2D eigenvalue weighted by atomic mass is 32.1. The lowest BCUT2D eigenvalue weighted by atomic mass is 9.94. The van der Waals surface area contributed by atoms with Crippen LogP contribution in [0, 0.1) is 6.92 Å². The van der Waals surface area contributed by atoms with Crippen molar-refractivity contribution in [3.05, 3.63) is 64.2 Å². The molecule has 0 spiro atoms. The Kier molecular flexibility index (Phi) is 4.90. The molecule has 9 heteroatoms. The van der Waals surface area contributed by atoms with Crippen LogP contribution in [-0.2, 0) is 0 Å². The van der Waals surface area contributed by atoms with Gasteiger partial charge < -0.3 is 25.1 Å². The van der Waals surface area contributed by atoms with Gasteiger partial charge in [-0.1, -0.05) is 6.07 Å². The first-order valence-electron chi connectivity index (χ1n) is 9.93. The van der Waals surface area contributed by atoms with Crippen LogP contribution < -0.4 is 19.9 Å². The normalized spacial score (nSPS) is 12.2. The molecule has 4 aromatic rings. The number of nitrogens with zero attached hydrogens (tertiary/aromatic N) is 1. The fourth-order valence-electron chi connectivity index (χ4n) is 3.91. The molecule has 0 bridgehead atoms. The summed E-state index contributed by atoms with van der Waals surface area (Å²) >= 11 is 1.14. The maximum atomic E-state index is 13.3. The largest absolute Gasteiger partial charge is 0.497 e. The van der Waals surface area contributed by atoms with E-state index >= 15 is 0 Å². The van der Waals surface area contributed by atoms with Gasteiger partial charge in [-0.2, -0.15) is 0 Å². The van der Waals surface area contributed by atoms with Crippen LogP contribution in [0.3, 0.4) is 0 Å². The summed E-state index contributed by atoms with van der Waals surface area (Å²) in [5, 5.41) is 10.4. The van der Waals surface area contributed by atoms with Gasteiger partial charge in [-0.15, -0.1) is 11.3 Å². The number of aromatic nitrogens is 1. The highest BCUT2D eigenvalue weighted by Crippen LogP contribution is 2.45. The fraction of sp³-hybridized carbons (Fsp3) is 0.125. The second-order valence-electron chi connectivity index (χ2n) is 7.40. The number of methoxy groups -OCH3 is 1. The summed E-state index contributed by atoms with van der Waals surface area (Å²) in [6.45, 7) is 1.72. The number of nitrogen functional groups attached to an aromatic ring is 1. The van der Waals surface area contributed by atoms with Crippen molar-refractivity contribution < 1.29 is 28.9 Å². The minimum absolute atomic E-state index is 0.0225. The maximum Gasteiger partial charge on any atom is 0.338 e. The van der Waals surface area contributed by atoms with Crippen LogP contribution >= 0.6 is 11.3 Å². The Bertz CT molecular complexity index is 1440. The second-order valence-corrected chi connectivity index (χ2v) is 8.40. The number of anilines is 1. The zero-order valence-electron chi connectivity index (χ0n) is 17.7. The van der Waals surface area contributed by atoms with E-state index in [-0.39, 0.29) is 23.8 Å². The third-order valence-electron chi connectivity index (χ3n) is 5.49. The zero-order valence-corrected chi connectivity index (χ0v) is 18.5. The lowest BCUT2D eigenvalue weighted by molar-refractivity contribution is 0.0696. The number of hydrogen-bond acceptors (Lipinski definition) is 8. The van der Waals surface area contributed by atoms with Gasteiger partial charge in [-0.05, 0) is 48.9 Å². The van der Waals surface area contributed by atoms with Gasteiger partial charge in [0.15, 0.2) is 11.5 Å². The number of ketones is 1. The molecular weight excluding hydrogens is 444 g/mol. The van der Waals surface area contributed by atoms with Gasteiger partial charge in [0.25, 0.3) is 0 Å². The highest BCUT2D eigenvalue weighted by molar-refractivity contribution is 7.21. The number of carboxylic acid groups (broad SMARTS) is 1. The summed E-state index contributed by atoms with van der Waals surface area (Å²) in [4.78, 5) is 30.7. The Morgan fingerprint density at radius 3 is 2.55 bits per heavy atom. The maximum absolute atomic E-state index is 13.3. The molecule has 0 aliphatic carbocycles. The first kappa shape index (κ1) is 20.8. The molecule has 3 N–H and O–H groups in total. The predicted octanol–water partition coefficient (Wildman–Crippen LogP) is 4.52. The van der Waals surface area contributed by atoms with E-state index in [4.69, 9.17) is 19.9 Å². The molecular formula is C24H18N2O6S. The van der Waals surface area contributed by atoms with Crippen LogP contribution in [0.1, 0.15) is 31.3 Å². The SMILES string of the molecule is COc1ccc(C(=O)c2sc3nc(C)c(C(=O)O)c(-c4ccc5c(c4)OCO5)c3c2N)cc1. The molecule has 0 saturated carbocycles. The Morgan fingerprint density at radius 2 is 1.85 bits per heavy atom. The van der Waals surface area contributed by atoms with Crippen molar-refractivity contribution in [3.8, 4) is 28.4 Å². The third kappa shape index (κ3) is 3.33. The van der Waals surface area contributed by atoms with Gasteiger partial charge in [-0.25, -0.2) is 9.78 Å². The molecule has 1 aliphatic rings. The molecule has 0 radical (unpaired) electrons. The summed E-state index contributed by atoms with van der Waals surface area (Å²) < 4.78 is 16.0. The van der Waals surface area contributed by atoms with Gasteiger partial charge in [0, 0.05) is 16.5 Å². The number of pyridine rings is 1. The van der Waals surface area contributed by atoms with E-state index in [2.05, 4.69) is 4.98 Å². The average Bonchev–Trinajstić information content (AvgIpc) is 3.41. The van der Waals surface area contributed by atoms with Crippen molar-refractivity contribution in [2.45, 2.75) is 6.92 Å². The van der Waals surface area contributed by atoms with Crippen LogP contribution in [0.5, 0.6) is 17.2 Å². The number of thiophene rings is 1. The van der Waals surface area contributed by atoms with E-state index in [1.54, 1.807) is 56.5 Å². The topological polar surface area (TPSA) is 121 Å². The molecule has 0 unspecified atom stereocenters. The number of carbonyl (C=O) groups is 2. The summed E-state index contributed by atoms with van der Waals surface area (Å²) in [6, 6.07) is 11.9. The summed E-state index contributed by atoms with van der Waals surface area (Å²) in [5.74, 6) is 0.304. The number of aromatic carboxylic acids is 1. The standard InChI is InChI=1S/C24H18N2O6S/c1-11-17(24(28)29)18(13-5-8-15-16(9-13)32-10-31-15)19-20(25)22(33-23(19)26-11)21(27)12-3-6-14(30-2)7-4-12/h3-9H,10,25H2,1-2H3,(H,28,29). The fourth-order valence-corrected chi connectivity index (χ4v) is 5.02. The minimum atomic E-state index is -1.14. The summed E-state index contributed by atoms with van der Waals surface area (Å²) in [7, 11) is 1.55. The molecule has 1 aliphatic heterocycles. The Balaban J connectivity index is 1.75. The van der Waals surface area contributed by atoms with Crippen LogP contribution in [0.2, 0.25) is 0 Å². The zero-order chi connectivity index (χ0) is 23.3. The number of nitrogens with two attached hydrogens (primary N) is 1. The van der Waals surface area contributed by atoms with Gasteiger partial charge >= 0.3 is 5.97 Å². The molecule has 2 aromatic heterocycles. The molecule has 0 amide bonds. The first-order valence-corrected chi connectivity index (χ1v) is 10.7. The average molecular weight is 462 g/mol. The Morgan fingerprint density at radius 1 is 1.12 bits per heavy atom. The van der Waals surface area contributed by atoms with E-state index in [1.165, 1.54) is 0 Å².